The molecular formula is C13H12N4O2. The van der Waals surface area contributed by atoms with Crippen LogP contribution in [0.2, 0.25) is 0 Å². The maximum absolute atomic E-state index is 11.9. The monoisotopic (exact) mass is 256 g/mol. The van der Waals surface area contributed by atoms with Crippen molar-refractivity contribution >= 4 is 11.6 Å². The molecule has 1 aromatic carbocycles. The smallest absolute Gasteiger partial charge is 0.275 e. The molecule has 19 heavy (non-hydrogen) atoms. The first-order valence-electron chi connectivity index (χ1n) is 5.51. The van der Waals surface area contributed by atoms with Crippen molar-refractivity contribution in [3.05, 3.63) is 42.0 Å². The number of nitrogens with one attached hydrogen (secondary N) is 1. The lowest BCUT2D eigenvalue weighted by Gasteiger charge is -2.09. The van der Waals surface area contributed by atoms with Crippen molar-refractivity contribution in [2.75, 3.05) is 12.4 Å². The maximum Gasteiger partial charge on any atom is 0.275 e. The van der Waals surface area contributed by atoms with Gasteiger partial charge in [-0.25, -0.2) is 4.98 Å². The number of nitriles is 1. The molecule has 1 N–H and O–H groups in total. The lowest BCUT2D eigenvalue weighted by molar-refractivity contribution is 0.102. The van der Waals surface area contributed by atoms with Crippen LogP contribution in [-0.2, 0) is 7.05 Å². The Bertz CT molecular complexity index is 655. The van der Waals surface area contributed by atoms with E-state index >= 15 is 0 Å². The van der Waals surface area contributed by atoms with Gasteiger partial charge < -0.3 is 14.6 Å². The lowest BCUT2D eigenvalue weighted by Crippen LogP contribution is -2.13. The molecule has 1 heterocycles. The van der Waals surface area contributed by atoms with Crippen LogP contribution >= 0.6 is 0 Å². The Morgan fingerprint density at radius 1 is 1.53 bits per heavy atom. The molecule has 0 spiro atoms. The van der Waals surface area contributed by atoms with Crippen molar-refractivity contribution in [3.8, 4) is 11.8 Å². The molecule has 0 unspecified atom stereocenters. The zero-order valence-corrected chi connectivity index (χ0v) is 10.5. The highest BCUT2D eigenvalue weighted by atomic mass is 16.5. The summed E-state index contributed by atoms with van der Waals surface area (Å²) in [5.74, 6) is 0.104. The highest BCUT2D eigenvalue weighted by Crippen LogP contribution is 2.25. The van der Waals surface area contributed by atoms with E-state index < -0.39 is 0 Å². The van der Waals surface area contributed by atoms with Crippen LogP contribution in [0.25, 0.3) is 0 Å². The van der Waals surface area contributed by atoms with E-state index in [0.29, 0.717) is 22.7 Å². The first-order chi connectivity index (χ1) is 9.13. The molecule has 0 atom stereocenters. The molecule has 2 rings (SSSR count). The number of ether oxygens (including phenoxy) is 1. The Hall–Kier alpha value is -2.81. The molecule has 0 radical (unpaired) electrons. The van der Waals surface area contributed by atoms with Gasteiger partial charge in [0.15, 0.2) is 0 Å². The molecule has 1 amide bonds. The van der Waals surface area contributed by atoms with Crippen LogP contribution in [-0.4, -0.2) is 22.6 Å². The van der Waals surface area contributed by atoms with Crippen LogP contribution in [0.4, 0.5) is 5.69 Å². The molecule has 0 aliphatic heterocycles. The second-order valence-electron chi connectivity index (χ2n) is 3.91. The summed E-state index contributed by atoms with van der Waals surface area (Å²) in [5.41, 5.74) is 1.28. The minimum atomic E-state index is -0.330. The van der Waals surface area contributed by atoms with Gasteiger partial charge in [-0.1, -0.05) is 0 Å². The molecule has 0 fully saturated rings. The second-order valence-corrected chi connectivity index (χ2v) is 3.91. The quantitative estimate of drug-likeness (QED) is 0.903. The number of aromatic nitrogens is 2. The largest absolute Gasteiger partial charge is 0.495 e. The van der Waals surface area contributed by atoms with Gasteiger partial charge in [-0.05, 0) is 12.1 Å². The third kappa shape index (κ3) is 2.72. The summed E-state index contributed by atoms with van der Waals surface area (Å²) in [6, 6.07) is 6.80. The SMILES string of the molecule is COc1cc(C#N)ccc1NC(=O)c1cn(C)cn1. The number of rotatable bonds is 3. The summed E-state index contributed by atoms with van der Waals surface area (Å²) in [5, 5.41) is 11.5. The lowest BCUT2D eigenvalue weighted by atomic mass is 10.2. The Kier molecular flexibility index (Phi) is 3.48. The molecule has 6 nitrogen and oxygen atoms in total. The topological polar surface area (TPSA) is 79.9 Å². The van der Waals surface area contributed by atoms with Crippen molar-refractivity contribution in [1.82, 2.24) is 9.55 Å². The number of hydrogen-bond donors (Lipinski definition) is 1. The van der Waals surface area contributed by atoms with Crippen molar-refractivity contribution in [3.63, 3.8) is 0 Å². The van der Waals surface area contributed by atoms with E-state index in [-0.39, 0.29) is 5.91 Å². The summed E-state index contributed by atoms with van der Waals surface area (Å²) in [7, 11) is 3.26. The number of benzene rings is 1. The number of hydrogen-bond acceptors (Lipinski definition) is 4. The maximum atomic E-state index is 11.9. The normalized spacial score (nSPS) is 9.74. The number of carbonyl (C=O) groups is 1. The summed E-state index contributed by atoms with van der Waals surface area (Å²) in [6.07, 6.45) is 3.16. The fourth-order valence-electron chi connectivity index (χ4n) is 1.58. The van der Waals surface area contributed by atoms with Gasteiger partial charge in [-0.15, -0.1) is 0 Å². The number of amides is 1. The number of carbonyl (C=O) groups excluding carboxylic acids is 1. The first kappa shape index (κ1) is 12.6. The van der Waals surface area contributed by atoms with E-state index in [0.717, 1.165) is 0 Å². The minimum absolute atomic E-state index is 0.314. The molecule has 0 saturated carbocycles. The molecular weight excluding hydrogens is 244 g/mol. The van der Waals surface area contributed by atoms with E-state index in [2.05, 4.69) is 10.3 Å². The molecule has 6 heteroatoms. The summed E-state index contributed by atoms with van der Waals surface area (Å²) in [6.45, 7) is 0. The Morgan fingerprint density at radius 3 is 2.89 bits per heavy atom. The molecule has 0 aliphatic rings. The zero-order chi connectivity index (χ0) is 13.8. The van der Waals surface area contributed by atoms with Crippen molar-refractivity contribution in [2.45, 2.75) is 0 Å². The van der Waals surface area contributed by atoms with E-state index in [4.69, 9.17) is 10.00 Å². The molecule has 0 bridgehead atoms. The summed E-state index contributed by atoms with van der Waals surface area (Å²) >= 11 is 0. The average molecular weight is 256 g/mol. The van der Waals surface area contributed by atoms with Gasteiger partial charge in [0.1, 0.15) is 11.4 Å². The van der Waals surface area contributed by atoms with Gasteiger partial charge in [0.05, 0.1) is 30.8 Å². The van der Waals surface area contributed by atoms with E-state index in [1.54, 1.807) is 42.3 Å². The minimum Gasteiger partial charge on any atom is -0.495 e. The molecule has 2 aromatic rings. The molecule has 1 aromatic heterocycles. The number of anilines is 1. The van der Waals surface area contributed by atoms with E-state index in [9.17, 15) is 4.79 Å². The number of nitrogens with zero attached hydrogens (tertiary/aromatic N) is 3. The van der Waals surface area contributed by atoms with Gasteiger partial charge >= 0.3 is 0 Å². The second kappa shape index (κ2) is 5.23. The van der Waals surface area contributed by atoms with E-state index in [1.807, 2.05) is 6.07 Å². The molecule has 0 saturated heterocycles. The third-order valence-corrected chi connectivity index (χ3v) is 2.52. The first-order valence-corrected chi connectivity index (χ1v) is 5.51. The van der Waals surface area contributed by atoms with Crippen LogP contribution in [0.5, 0.6) is 5.75 Å². The van der Waals surface area contributed by atoms with Crippen molar-refractivity contribution in [2.24, 2.45) is 7.05 Å². The van der Waals surface area contributed by atoms with Crippen molar-refractivity contribution in [1.29, 1.82) is 5.26 Å². The van der Waals surface area contributed by atoms with Crippen LogP contribution in [0.1, 0.15) is 16.1 Å². The zero-order valence-electron chi connectivity index (χ0n) is 10.5. The Morgan fingerprint density at radius 2 is 2.32 bits per heavy atom. The van der Waals surface area contributed by atoms with Gasteiger partial charge in [0.25, 0.3) is 5.91 Å². The Labute approximate surface area is 110 Å². The molecule has 96 valence electrons. The fourth-order valence-corrected chi connectivity index (χ4v) is 1.58. The summed E-state index contributed by atoms with van der Waals surface area (Å²) < 4.78 is 6.82. The summed E-state index contributed by atoms with van der Waals surface area (Å²) in [4.78, 5) is 15.9. The predicted octanol–water partition coefficient (Wildman–Crippen LogP) is 1.55. The number of aryl methyl sites for hydroxylation is 1. The van der Waals surface area contributed by atoms with Crippen LogP contribution < -0.4 is 10.1 Å². The van der Waals surface area contributed by atoms with Crippen molar-refractivity contribution < 1.29 is 9.53 Å². The van der Waals surface area contributed by atoms with Crippen LogP contribution in [0.3, 0.4) is 0 Å². The van der Waals surface area contributed by atoms with Crippen LogP contribution in [0.15, 0.2) is 30.7 Å². The third-order valence-electron chi connectivity index (χ3n) is 2.52. The highest BCUT2D eigenvalue weighted by Gasteiger charge is 2.12. The standard InChI is InChI=1S/C13H12N4O2/c1-17-7-11(15-8-17)13(18)16-10-4-3-9(6-14)5-12(10)19-2/h3-5,7-8H,1-2H3,(H,16,18). The van der Waals surface area contributed by atoms with Gasteiger partial charge in [0.2, 0.25) is 0 Å². The molecule has 0 aliphatic carbocycles. The highest BCUT2D eigenvalue weighted by molar-refractivity contribution is 6.03. The number of methoxy groups -OCH3 is 1. The average Bonchev–Trinajstić information content (AvgIpc) is 2.86. The van der Waals surface area contributed by atoms with Gasteiger partial charge in [0, 0.05) is 19.3 Å². The predicted molar refractivity (Wildman–Crippen MR) is 68.9 cm³/mol. The number of imidazole rings is 1. The van der Waals surface area contributed by atoms with E-state index in [1.165, 1.54) is 7.11 Å². The fraction of sp³-hybridized carbons (Fsp3) is 0.154. The van der Waals surface area contributed by atoms with Gasteiger partial charge in [-0.3, -0.25) is 4.79 Å². The van der Waals surface area contributed by atoms with Crippen LogP contribution in [0, 0.1) is 11.3 Å². The Balaban J connectivity index is 2.24. The van der Waals surface area contributed by atoms with Gasteiger partial charge in [-0.2, -0.15) is 5.26 Å².